The lowest BCUT2D eigenvalue weighted by Crippen LogP contribution is -2.53. The van der Waals surface area contributed by atoms with Gasteiger partial charge in [0.05, 0.1) is 18.3 Å². The highest BCUT2D eigenvalue weighted by molar-refractivity contribution is 4.87. The maximum Gasteiger partial charge on any atom is 0.0985 e. The summed E-state index contributed by atoms with van der Waals surface area (Å²) in [4.78, 5) is 2.23. The molecule has 0 radical (unpaired) electrons. The van der Waals surface area contributed by atoms with Gasteiger partial charge in [-0.1, -0.05) is 13.8 Å². The van der Waals surface area contributed by atoms with Crippen LogP contribution in [-0.2, 0) is 9.47 Å². The van der Waals surface area contributed by atoms with E-state index in [1.165, 1.54) is 0 Å². The van der Waals surface area contributed by atoms with E-state index >= 15 is 0 Å². The molecule has 1 heterocycles. The molecule has 4 atom stereocenters. The highest BCUT2D eigenvalue weighted by atomic mass is 16.5. The first-order valence-electron chi connectivity index (χ1n) is 5.91. The van der Waals surface area contributed by atoms with E-state index in [0.717, 1.165) is 6.42 Å². The normalized spacial score (nSPS) is 36.0. The SMILES string of the molecule is CC.CO[C@H]1[C@H](C)O[C@H](C)C[C@@H]1N(C)C. The summed E-state index contributed by atoms with van der Waals surface area (Å²) in [6.45, 7) is 8.21. The number of likely N-dealkylation sites (N-methyl/N-ethyl adjacent to an activating group) is 1. The van der Waals surface area contributed by atoms with Crippen molar-refractivity contribution in [1.29, 1.82) is 0 Å². The Labute approximate surface area is 94.7 Å². The van der Waals surface area contributed by atoms with Gasteiger partial charge in [-0.05, 0) is 34.4 Å². The highest BCUT2D eigenvalue weighted by Gasteiger charge is 2.35. The molecule has 92 valence electrons. The lowest BCUT2D eigenvalue weighted by molar-refractivity contribution is -0.146. The third kappa shape index (κ3) is 4.09. The fraction of sp³-hybridized carbons (Fsp3) is 1.00. The standard InChI is InChI=1S/C10H21NO2.C2H6/c1-7-6-9(11(3)4)10(12-5)8(2)13-7;1-2/h7-10H,6H2,1-5H3;1-2H3/t7-,8+,9+,10+;/m1./s1. The van der Waals surface area contributed by atoms with E-state index in [0.29, 0.717) is 12.1 Å². The van der Waals surface area contributed by atoms with E-state index in [2.05, 4.69) is 32.8 Å². The summed E-state index contributed by atoms with van der Waals surface area (Å²) in [6.07, 6.45) is 1.79. The minimum atomic E-state index is 0.196. The summed E-state index contributed by atoms with van der Waals surface area (Å²) in [5, 5.41) is 0. The second-order valence-corrected chi connectivity index (χ2v) is 4.12. The van der Waals surface area contributed by atoms with Crippen LogP contribution in [0.3, 0.4) is 0 Å². The van der Waals surface area contributed by atoms with Crippen LogP contribution in [0.15, 0.2) is 0 Å². The predicted octanol–water partition coefficient (Wildman–Crippen LogP) is 2.16. The van der Waals surface area contributed by atoms with Gasteiger partial charge in [-0.3, -0.25) is 0 Å². The van der Waals surface area contributed by atoms with Crippen LogP contribution in [0.25, 0.3) is 0 Å². The van der Waals surface area contributed by atoms with Gasteiger partial charge in [0.25, 0.3) is 0 Å². The lowest BCUT2D eigenvalue weighted by atomic mass is 9.96. The molecule has 0 aromatic carbocycles. The van der Waals surface area contributed by atoms with Gasteiger partial charge >= 0.3 is 0 Å². The number of methoxy groups -OCH3 is 1. The third-order valence-corrected chi connectivity index (χ3v) is 2.80. The Kier molecular flexibility index (Phi) is 7.14. The van der Waals surface area contributed by atoms with Crippen LogP contribution in [0, 0.1) is 0 Å². The molecule has 1 aliphatic rings. The quantitative estimate of drug-likeness (QED) is 0.707. The molecule has 0 aromatic rings. The van der Waals surface area contributed by atoms with E-state index in [4.69, 9.17) is 9.47 Å². The van der Waals surface area contributed by atoms with Crippen LogP contribution in [0.4, 0.5) is 0 Å². The zero-order chi connectivity index (χ0) is 12.0. The maximum atomic E-state index is 5.72. The van der Waals surface area contributed by atoms with E-state index in [-0.39, 0.29) is 12.2 Å². The van der Waals surface area contributed by atoms with E-state index < -0.39 is 0 Å². The Hall–Kier alpha value is -0.120. The Morgan fingerprint density at radius 3 is 2.13 bits per heavy atom. The highest BCUT2D eigenvalue weighted by Crippen LogP contribution is 2.24. The Morgan fingerprint density at radius 1 is 1.20 bits per heavy atom. The summed E-state index contributed by atoms with van der Waals surface area (Å²) in [5.74, 6) is 0. The van der Waals surface area contributed by atoms with Crippen molar-refractivity contribution in [2.45, 2.75) is 58.5 Å². The van der Waals surface area contributed by atoms with Crippen molar-refractivity contribution in [2.75, 3.05) is 21.2 Å². The number of nitrogens with zero attached hydrogens (tertiary/aromatic N) is 1. The van der Waals surface area contributed by atoms with Gasteiger partial charge in [-0.15, -0.1) is 0 Å². The molecule has 3 heteroatoms. The molecule has 0 aromatic heterocycles. The van der Waals surface area contributed by atoms with Crippen LogP contribution >= 0.6 is 0 Å². The molecule has 0 aliphatic carbocycles. The van der Waals surface area contributed by atoms with Crippen molar-refractivity contribution in [1.82, 2.24) is 4.90 Å². The summed E-state index contributed by atoms with van der Waals surface area (Å²) in [5.41, 5.74) is 0. The number of ether oxygens (including phenoxy) is 2. The van der Waals surface area contributed by atoms with Gasteiger partial charge < -0.3 is 14.4 Å². The molecule has 1 saturated heterocycles. The third-order valence-electron chi connectivity index (χ3n) is 2.80. The minimum Gasteiger partial charge on any atom is -0.377 e. The van der Waals surface area contributed by atoms with Gasteiger partial charge in [0.2, 0.25) is 0 Å². The number of hydrogen-bond acceptors (Lipinski definition) is 3. The molecular weight excluding hydrogens is 190 g/mol. The first-order chi connectivity index (χ1) is 7.06. The molecule has 0 bridgehead atoms. The maximum absolute atomic E-state index is 5.72. The lowest BCUT2D eigenvalue weighted by Gasteiger charge is -2.41. The first-order valence-corrected chi connectivity index (χ1v) is 5.91. The average molecular weight is 217 g/mol. The Bertz CT molecular complexity index is 162. The minimum absolute atomic E-state index is 0.196. The van der Waals surface area contributed by atoms with E-state index in [9.17, 15) is 0 Å². The average Bonchev–Trinajstić information content (AvgIpc) is 2.19. The van der Waals surface area contributed by atoms with Crippen molar-refractivity contribution in [2.24, 2.45) is 0 Å². The molecule has 1 aliphatic heterocycles. The van der Waals surface area contributed by atoms with Gasteiger partial charge in [0.1, 0.15) is 0 Å². The zero-order valence-corrected chi connectivity index (χ0v) is 11.3. The fourth-order valence-electron chi connectivity index (χ4n) is 2.14. The van der Waals surface area contributed by atoms with E-state index in [1.54, 1.807) is 7.11 Å². The van der Waals surface area contributed by atoms with Crippen LogP contribution in [-0.4, -0.2) is 50.5 Å². The van der Waals surface area contributed by atoms with Crippen LogP contribution < -0.4 is 0 Å². The molecular formula is C12H27NO2. The van der Waals surface area contributed by atoms with Crippen molar-refractivity contribution < 1.29 is 9.47 Å². The molecule has 0 N–H and O–H groups in total. The molecule has 0 spiro atoms. The van der Waals surface area contributed by atoms with Crippen LogP contribution in [0.5, 0.6) is 0 Å². The zero-order valence-electron chi connectivity index (χ0n) is 11.3. The Balaban J connectivity index is 0.000000921. The van der Waals surface area contributed by atoms with Crippen molar-refractivity contribution in [3.63, 3.8) is 0 Å². The van der Waals surface area contributed by atoms with E-state index in [1.807, 2.05) is 13.8 Å². The summed E-state index contributed by atoms with van der Waals surface area (Å²) < 4.78 is 11.2. The monoisotopic (exact) mass is 217 g/mol. The topological polar surface area (TPSA) is 21.7 Å². The van der Waals surface area contributed by atoms with Gasteiger partial charge in [0, 0.05) is 13.2 Å². The summed E-state index contributed by atoms with van der Waals surface area (Å²) in [7, 11) is 5.96. The fourth-order valence-corrected chi connectivity index (χ4v) is 2.14. The largest absolute Gasteiger partial charge is 0.377 e. The smallest absolute Gasteiger partial charge is 0.0985 e. The molecule has 0 amide bonds. The summed E-state index contributed by atoms with van der Waals surface area (Å²) >= 11 is 0. The summed E-state index contributed by atoms with van der Waals surface area (Å²) in [6, 6.07) is 0.476. The molecule has 1 rings (SSSR count). The van der Waals surface area contributed by atoms with Crippen LogP contribution in [0.2, 0.25) is 0 Å². The number of hydrogen-bond donors (Lipinski definition) is 0. The second kappa shape index (κ2) is 7.20. The molecule has 0 unspecified atom stereocenters. The van der Waals surface area contributed by atoms with Gasteiger partial charge in [0.15, 0.2) is 0 Å². The van der Waals surface area contributed by atoms with Crippen molar-refractivity contribution in [3.8, 4) is 0 Å². The van der Waals surface area contributed by atoms with Gasteiger partial charge in [-0.2, -0.15) is 0 Å². The molecule has 0 saturated carbocycles. The van der Waals surface area contributed by atoms with Crippen molar-refractivity contribution in [3.05, 3.63) is 0 Å². The molecule has 3 nitrogen and oxygen atoms in total. The van der Waals surface area contributed by atoms with Gasteiger partial charge in [-0.25, -0.2) is 0 Å². The number of rotatable bonds is 2. The second-order valence-electron chi connectivity index (χ2n) is 4.12. The Morgan fingerprint density at radius 2 is 1.73 bits per heavy atom. The van der Waals surface area contributed by atoms with Crippen molar-refractivity contribution >= 4 is 0 Å². The predicted molar refractivity (Wildman–Crippen MR) is 64.2 cm³/mol. The van der Waals surface area contributed by atoms with Crippen LogP contribution in [0.1, 0.15) is 34.1 Å². The molecule has 15 heavy (non-hydrogen) atoms. The first kappa shape index (κ1) is 14.9. The molecule has 1 fully saturated rings.